The Kier molecular flexibility index (Phi) is 6.45. The van der Waals surface area contributed by atoms with Crippen LogP contribution in [0.5, 0.6) is 5.75 Å². The van der Waals surface area contributed by atoms with Crippen molar-refractivity contribution in [3.05, 3.63) is 48.7 Å². The van der Waals surface area contributed by atoms with E-state index in [0.29, 0.717) is 36.2 Å². The summed E-state index contributed by atoms with van der Waals surface area (Å²) < 4.78 is 12.5. The second kappa shape index (κ2) is 9.98. The molecule has 34 heavy (non-hydrogen) atoms. The van der Waals surface area contributed by atoms with Crippen LogP contribution in [0.4, 0.5) is 17.6 Å². The molecule has 0 atom stereocenters. The van der Waals surface area contributed by atoms with Gasteiger partial charge >= 0.3 is 0 Å². The van der Waals surface area contributed by atoms with E-state index in [2.05, 4.69) is 42.3 Å². The number of rotatable bonds is 9. The molecular formula is C23H29N9O2. The second-order valence-electron chi connectivity index (χ2n) is 8.07. The maximum absolute atomic E-state index is 6.09. The third-order valence-corrected chi connectivity index (χ3v) is 5.79. The Morgan fingerprint density at radius 1 is 1.06 bits per heavy atom. The van der Waals surface area contributed by atoms with Crippen molar-refractivity contribution < 1.29 is 9.15 Å². The summed E-state index contributed by atoms with van der Waals surface area (Å²) in [5, 5.41) is 7.71. The number of ether oxygens (including phenoxy) is 1. The average Bonchev–Trinajstić information content (AvgIpc) is 3.54. The Labute approximate surface area is 197 Å². The molecule has 4 aromatic rings. The minimum Gasteiger partial charge on any atom is -0.492 e. The number of anilines is 3. The fourth-order valence-corrected chi connectivity index (χ4v) is 4.02. The highest BCUT2D eigenvalue weighted by Gasteiger charge is 2.17. The molecule has 3 aromatic heterocycles. The van der Waals surface area contributed by atoms with Gasteiger partial charge in [-0.15, -0.1) is 0 Å². The molecule has 0 radical (unpaired) electrons. The monoisotopic (exact) mass is 463 g/mol. The van der Waals surface area contributed by atoms with E-state index in [1.54, 1.807) is 6.26 Å². The largest absolute Gasteiger partial charge is 0.492 e. The van der Waals surface area contributed by atoms with Gasteiger partial charge in [0.15, 0.2) is 11.4 Å². The van der Waals surface area contributed by atoms with Crippen LogP contribution in [0.15, 0.2) is 53.1 Å². The van der Waals surface area contributed by atoms with Crippen LogP contribution in [-0.4, -0.2) is 76.9 Å². The fourth-order valence-electron chi connectivity index (χ4n) is 4.02. The van der Waals surface area contributed by atoms with Crippen LogP contribution in [0.1, 0.15) is 0 Å². The van der Waals surface area contributed by atoms with Crippen LogP contribution in [-0.2, 0) is 0 Å². The first-order chi connectivity index (χ1) is 16.7. The minimum atomic E-state index is 0.276. The Morgan fingerprint density at radius 3 is 2.62 bits per heavy atom. The number of piperazine rings is 1. The fraction of sp³-hybridized carbons (Fsp3) is 0.348. The van der Waals surface area contributed by atoms with Crippen molar-refractivity contribution >= 4 is 23.2 Å². The Balaban J connectivity index is 1.11. The van der Waals surface area contributed by atoms with E-state index in [9.17, 15) is 0 Å². The molecule has 1 saturated heterocycles. The first kappa shape index (κ1) is 22.0. The van der Waals surface area contributed by atoms with Crippen LogP contribution in [0.3, 0.4) is 0 Å². The van der Waals surface area contributed by atoms with Crippen molar-refractivity contribution in [3.63, 3.8) is 0 Å². The van der Waals surface area contributed by atoms with Gasteiger partial charge in [-0.2, -0.15) is 19.6 Å². The lowest BCUT2D eigenvalue weighted by atomic mass is 10.2. The van der Waals surface area contributed by atoms with Crippen LogP contribution < -0.4 is 26.4 Å². The van der Waals surface area contributed by atoms with Crippen LogP contribution in [0, 0.1) is 0 Å². The number of benzene rings is 1. The normalized spacial score (nSPS) is 14.6. The summed E-state index contributed by atoms with van der Waals surface area (Å²) in [5.74, 6) is 2.28. The summed E-state index contributed by atoms with van der Waals surface area (Å²) in [4.78, 5) is 13.7. The zero-order chi connectivity index (χ0) is 23.3. The Morgan fingerprint density at radius 2 is 1.88 bits per heavy atom. The van der Waals surface area contributed by atoms with Crippen molar-refractivity contribution in [1.82, 2.24) is 24.5 Å². The highest BCUT2D eigenvalue weighted by molar-refractivity contribution is 5.61. The smallest absolute Gasteiger partial charge is 0.228 e. The van der Waals surface area contributed by atoms with E-state index in [1.807, 2.05) is 30.3 Å². The van der Waals surface area contributed by atoms with Crippen molar-refractivity contribution in [2.75, 3.05) is 68.4 Å². The molecule has 1 aliphatic rings. The van der Waals surface area contributed by atoms with Crippen LogP contribution in [0.2, 0.25) is 0 Å². The van der Waals surface area contributed by atoms with Crippen molar-refractivity contribution in [2.45, 2.75) is 0 Å². The van der Waals surface area contributed by atoms with Gasteiger partial charge in [0.05, 0.1) is 6.26 Å². The van der Waals surface area contributed by atoms with Crippen molar-refractivity contribution in [3.8, 4) is 17.2 Å². The molecule has 5 N–H and O–H groups in total. The van der Waals surface area contributed by atoms with Gasteiger partial charge in [-0.3, -0.25) is 4.90 Å². The van der Waals surface area contributed by atoms with E-state index in [0.717, 1.165) is 45.0 Å². The first-order valence-corrected chi connectivity index (χ1v) is 11.4. The lowest BCUT2D eigenvalue weighted by molar-refractivity contribution is 0.267. The molecular weight excluding hydrogens is 434 g/mol. The molecule has 11 heteroatoms. The van der Waals surface area contributed by atoms with Crippen LogP contribution >= 0.6 is 0 Å². The molecule has 178 valence electrons. The number of hydrogen-bond donors (Lipinski definition) is 3. The zero-order valence-corrected chi connectivity index (χ0v) is 18.9. The molecule has 0 spiro atoms. The van der Waals surface area contributed by atoms with E-state index < -0.39 is 0 Å². The van der Waals surface area contributed by atoms with Gasteiger partial charge in [-0.25, -0.2) is 0 Å². The second-order valence-corrected chi connectivity index (χ2v) is 8.07. The van der Waals surface area contributed by atoms with Gasteiger partial charge in [0.2, 0.25) is 11.9 Å². The Hall–Kier alpha value is -3.83. The molecule has 1 aromatic carbocycles. The predicted octanol–water partition coefficient (Wildman–Crippen LogP) is 1.54. The summed E-state index contributed by atoms with van der Waals surface area (Å²) in [6, 6.07) is 13.7. The molecule has 0 aliphatic carbocycles. The highest BCUT2D eigenvalue weighted by atomic mass is 16.5. The molecule has 0 amide bonds. The maximum atomic E-state index is 6.09. The van der Waals surface area contributed by atoms with Gasteiger partial charge in [-0.1, -0.05) is 0 Å². The first-order valence-electron chi connectivity index (χ1n) is 11.4. The lowest BCUT2D eigenvalue weighted by Crippen LogP contribution is -2.47. The molecule has 0 bridgehead atoms. The summed E-state index contributed by atoms with van der Waals surface area (Å²) in [6.45, 7) is 6.60. The Bertz CT molecular complexity index is 1200. The van der Waals surface area contributed by atoms with Gasteiger partial charge in [0.25, 0.3) is 0 Å². The zero-order valence-electron chi connectivity index (χ0n) is 18.9. The summed E-state index contributed by atoms with van der Waals surface area (Å²) >= 11 is 0. The molecule has 0 saturated carbocycles. The third-order valence-electron chi connectivity index (χ3n) is 5.79. The van der Waals surface area contributed by atoms with E-state index in [4.69, 9.17) is 20.6 Å². The third kappa shape index (κ3) is 4.90. The number of hydrogen-bond acceptors (Lipinski definition) is 10. The SMILES string of the molecule is NCCOc1ccc(N2CCN(CCNc3nc(N)n4nc(-c5ccco5)cc4n3)CC2)cc1. The predicted molar refractivity (Wildman–Crippen MR) is 131 cm³/mol. The average molecular weight is 464 g/mol. The van der Waals surface area contributed by atoms with Crippen LogP contribution in [0.25, 0.3) is 17.1 Å². The number of fused-ring (bicyclic) bond motifs is 1. The number of nitrogens with two attached hydrogens (primary N) is 2. The van der Waals surface area contributed by atoms with E-state index in [-0.39, 0.29) is 5.95 Å². The number of aromatic nitrogens is 4. The molecule has 0 unspecified atom stereocenters. The van der Waals surface area contributed by atoms with Crippen molar-refractivity contribution in [2.24, 2.45) is 5.73 Å². The number of nitrogen functional groups attached to an aromatic ring is 1. The van der Waals surface area contributed by atoms with Gasteiger partial charge < -0.3 is 30.8 Å². The topological polar surface area (TPSA) is 136 Å². The standard InChI is InChI=1S/C23H29N9O2/c24-7-15-33-18-5-3-17(4-6-18)31-12-10-30(11-13-31)9-8-26-23-27-21-16-19(20-2-1-14-34-20)29-32(21)22(25)28-23/h1-6,14,16H,7-13,15,24H2,(H3,25,26,27,28). The number of nitrogens with zero attached hydrogens (tertiary/aromatic N) is 6. The maximum Gasteiger partial charge on any atom is 0.228 e. The summed E-state index contributed by atoms with van der Waals surface area (Å²) in [5.41, 5.74) is 14.1. The molecule has 11 nitrogen and oxygen atoms in total. The number of nitrogens with one attached hydrogen (secondary N) is 1. The molecule has 4 heterocycles. The minimum absolute atomic E-state index is 0.276. The van der Waals surface area contributed by atoms with Crippen molar-refractivity contribution in [1.29, 1.82) is 0 Å². The highest BCUT2D eigenvalue weighted by Crippen LogP contribution is 2.22. The number of furan rings is 1. The van der Waals surface area contributed by atoms with Gasteiger partial charge in [0, 0.05) is 57.6 Å². The van der Waals surface area contributed by atoms with E-state index >= 15 is 0 Å². The lowest BCUT2D eigenvalue weighted by Gasteiger charge is -2.36. The van der Waals surface area contributed by atoms with E-state index in [1.165, 1.54) is 10.2 Å². The summed E-state index contributed by atoms with van der Waals surface area (Å²) in [6.07, 6.45) is 1.61. The van der Waals surface area contributed by atoms with Gasteiger partial charge in [0.1, 0.15) is 18.1 Å². The quantitative estimate of drug-likeness (QED) is 0.335. The molecule has 1 aliphatic heterocycles. The summed E-state index contributed by atoms with van der Waals surface area (Å²) in [7, 11) is 0. The molecule has 5 rings (SSSR count). The van der Waals surface area contributed by atoms with Gasteiger partial charge in [-0.05, 0) is 36.4 Å². The molecule has 1 fully saturated rings.